The van der Waals surface area contributed by atoms with Crippen molar-refractivity contribution in [1.82, 2.24) is 0 Å². The number of halogens is 3. The molecule has 0 heterocycles. The monoisotopic (exact) mass is 359 g/mol. The zero-order valence-corrected chi connectivity index (χ0v) is 13.6. The quantitative estimate of drug-likeness (QED) is 0.837. The standard InChI is InChI=1S/C16H16F3NO3S/c1-2-11-23-14-9-5-4-8-13(14)20-24(21,22)15-10-6-3-7-12(15)16(17,18)19/h3-10,20H,2,11H2,1H3. The average molecular weight is 359 g/mol. The average Bonchev–Trinajstić information content (AvgIpc) is 2.53. The van der Waals surface area contributed by atoms with Crippen molar-refractivity contribution >= 4 is 15.7 Å². The maximum absolute atomic E-state index is 13.0. The Morgan fingerprint density at radius 1 is 1.04 bits per heavy atom. The van der Waals surface area contributed by atoms with Crippen LogP contribution in [0.3, 0.4) is 0 Å². The van der Waals surface area contributed by atoms with Crippen molar-refractivity contribution in [2.24, 2.45) is 0 Å². The molecule has 0 atom stereocenters. The van der Waals surface area contributed by atoms with Crippen LogP contribution in [0, 0.1) is 0 Å². The van der Waals surface area contributed by atoms with Crippen molar-refractivity contribution in [1.29, 1.82) is 0 Å². The molecule has 2 aromatic rings. The van der Waals surface area contributed by atoms with E-state index in [0.717, 1.165) is 18.2 Å². The highest BCUT2D eigenvalue weighted by atomic mass is 32.2. The maximum Gasteiger partial charge on any atom is 0.417 e. The highest BCUT2D eigenvalue weighted by Crippen LogP contribution is 2.35. The zero-order valence-electron chi connectivity index (χ0n) is 12.8. The molecule has 0 saturated carbocycles. The fraction of sp³-hybridized carbons (Fsp3) is 0.250. The van der Waals surface area contributed by atoms with E-state index in [1.807, 2.05) is 6.92 Å². The summed E-state index contributed by atoms with van der Waals surface area (Å²) in [7, 11) is -4.42. The van der Waals surface area contributed by atoms with E-state index in [-0.39, 0.29) is 11.4 Å². The molecule has 0 aliphatic heterocycles. The van der Waals surface area contributed by atoms with E-state index in [1.54, 1.807) is 18.2 Å². The van der Waals surface area contributed by atoms with Gasteiger partial charge < -0.3 is 4.74 Å². The number of anilines is 1. The Balaban J connectivity index is 2.41. The molecule has 130 valence electrons. The molecule has 0 aromatic heterocycles. The first-order chi connectivity index (χ1) is 11.3. The van der Waals surface area contributed by atoms with Gasteiger partial charge in [-0.1, -0.05) is 31.2 Å². The molecule has 0 saturated heterocycles. The van der Waals surface area contributed by atoms with Crippen LogP contribution in [0.15, 0.2) is 53.4 Å². The second-order valence-electron chi connectivity index (χ2n) is 4.94. The van der Waals surface area contributed by atoms with Crippen molar-refractivity contribution in [3.63, 3.8) is 0 Å². The van der Waals surface area contributed by atoms with E-state index in [9.17, 15) is 21.6 Å². The van der Waals surface area contributed by atoms with Crippen LogP contribution in [-0.4, -0.2) is 15.0 Å². The van der Waals surface area contributed by atoms with E-state index in [1.165, 1.54) is 12.1 Å². The zero-order chi connectivity index (χ0) is 17.8. The Bertz CT molecular complexity index is 804. The number of hydrogen-bond acceptors (Lipinski definition) is 3. The van der Waals surface area contributed by atoms with Crippen LogP contribution in [0.2, 0.25) is 0 Å². The molecule has 1 N–H and O–H groups in total. The molecule has 2 rings (SSSR count). The predicted octanol–water partition coefficient (Wildman–Crippen LogP) is 4.30. The van der Waals surface area contributed by atoms with Gasteiger partial charge in [-0.3, -0.25) is 4.72 Å². The molecule has 0 spiro atoms. The third-order valence-electron chi connectivity index (χ3n) is 3.08. The van der Waals surface area contributed by atoms with E-state index in [4.69, 9.17) is 4.74 Å². The summed E-state index contributed by atoms with van der Waals surface area (Å²) in [4.78, 5) is -0.831. The molecule has 0 aliphatic carbocycles. The Morgan fingerprint density at radius 2 is 1.67 bits per heavy atom. The number of hydrogen-bond donors (Lipinski definition) is 1. The van der Waals surface area contributed by atoms with Gasteiger partial charge in [-0.25, -0.2) is 8.42 Å². The fourth-order valence-corrected chi connectivity index (χ4v) is 3.32. The first kappa shape index (κ1) is 18.1. The number of benzene rings is 2. The highest BCUT2D eigenvalue weighted by molar-refractivity contribution is 7.92. The third kappa shape index (κ3) is 4.19. The smallest absolute Gasteiger partial charge is 0.417 e. The summed E-state index contributed by atoms with van der Waals surface area (Å²) in [5.74, 6) is 0.257. The van der Waals surface area contributed by atoms with E-state index in [0.29, 0.717) is 13.0 Å². The van der Waals surface area contributed by atoms with Crippen LogP contribution in [0.1, 0.15) is 18.9 Å². The summed E-state index contributed by atoms with van der Waals surface area (Å²) in [5.41, 5.74) is -1.13. The van der Waals surface area contributed by atoms with E-state index >= 15 is 0 Å². The van der Waals surface area contributed by atoms with Crippen LogP contribution in [0.25, 0.3) is 0 Å². The molecular formula is C16H16F3NO3S. The van der Waals surface area contributed by atoms with Crippen LogP contribution in [0.5, 0.6) is 5.75 Å². The molecule has 24 heavy (non-hydrogen) atoms. The van der Waals surface area contributed by atoms with Crippen LogP contribution in [-0.2, 0) is 16.2 Å². The second-order valence-corrected chi connectivity index (χ2v) is 6.59. The molecule has 8 heteroatoms. The van der Waals surface area contributed by atoms with Crippen molar-refractivity contribution in [2.45, 2.75) is 24.4 Å². The first-order valence-electron chi connectivity index (χ1n) is 7.16. The van der Waals surface area contributed by atoms with E-state index in [2.05, 4.69) is 4.72 Å². The highest BCUT2D eigenvalue weighted by Gasteiger charge is 2.37. The van der Waals surface area contributed by atoms with Crippen LogP contribution in [0.4, 0.5) is 18.9 Å². The number of sulfonamides is 1. The lowest BCUT2D eigenvalue weighted by molar-refractivity contribution is -0.139. The van der Waals surface area contributed by atoms with Gasteiger partial charge in [0.1, 0.15) is 5.75 Å². The van der Waals surface area contributed by atoms with Gasteiger partial charge in [0.15, 0.2) is 0 Å². The minimum Gasteiger partial charge on any atom is -0.491 e. The van der Waals surface area contributed by atoms with Gasteiger partial charge in [0.25, 0.3) is 10.0 Å². The SMILES string of the molecule is CCCOc1ccccc1NS(=O)(=O)c1ccccc1C(F)(F)F. The Morgan fingerprint density at radius 3 is 2.33 bits per heavy atom. The predicted molar refractivity (Wildman–Crippen MR) is 84.5 cm³/mol. The summed E-state index contributed by atoms with van der Waals surface area (Å²) in [6.07, 6.45) is -4.07. The number of alkyl halides is 3. The van der Waals surface area contributed by atoms with Gasteiger partial charge in [-0.2, -0.15) is 13.2 Å². The summed E-state index contributed by atoms with van der Waals surface area (Å²) in [6, 6.07) is 10.2. The molecule has 0 radical (unpaired) electrons. The summed E-state index contributed by atoms with van der Waals surface area (Å²) >= 11 is 0. The summed E-state index contributed by atoms with van der Waals surface area (Å²) in [5, 5.41) is 0. The number of ether oxygens (including phenoxy) is 1. The molecule has 0 amide bonds. The van der Waals surface area contributed by atoms with E-state index < -0.39 is 26.7 Å². The minimum absolute atomic E-state index is 0.0860. The van der Waals surface area contributed by atoms with Crippen molar-refractivity contribution in [3.8, 4) is 5.75 Å². The molecular weight excluding hydrogens is 343 g/mol. The Hall–Kier alpha value is -2.22. The second kappa shape index (κ2) is 7.12. The van der Waals surface area contributed by atoms with Gasteiger partial charge >= 0.3 is 6.18 Å². The minimum atomic E-state index is -4.77. The van der Waals surface area contributed by atoms with Crippen LogP contribution >= 0.6 is 0 Å². The lowest BCUT2D eigenvalue weighted by Crippen LogP contribution is -2.19. The number of para-hydroxylation sites is 2. The lowest BCUT2D eigenvalue weighted by Gasteiger charge is -2.16. The Kier molecular flexibility index (Phi) is 5.38. The van der Waals surface area contributed by atoms with Crippen molar-refractivity contribution in [2.75, 3.05) is 11.3 Å². The van der Waals surface area contributed by atoms with Crippen molar-refractivity contribution in [3.05, 3.63) is 54.1 Å². The lowest BCUT2D eigenvalue weighted by atomic mass is 10.2. The maximum atomic E-state index is 13.0. The van der Waals surface area contributed by atoms with Gasteiger partial charge in [-0.15, -0.1) is 0 Å². The summed E-state index contributed by atoms with van der Waals surface area (Å²) in [6.45, 7) is 2.24. The number of rotatable bonds is 6. The fourth-order valence-electron chi connectivity index (χ4n) is 2.02. The largest absolute Gasteiger partial charge is 0.491 e. The first-order valence-corrected chi connectivity index (χ1v) is 8.65. The summed E-state index contributed by atoms with van der Waals surface area (Å²) < 4.78 is 71.6. The molecule has 0 unspecified atom stereocenters. The van der Waals surface area contributed by atoms with Crippen LogP contribution < -0.4 is 9.46 Å². The Labute approximate surface area is 138 Å². The van der Waals surface area contributed by atoms with Gasteiger partial charge in [0, 0.05) is 0 Å². The third-order valence-corrected chi connectivity index (χ3v) is 4.50. The van der Waals surface area contributed by atoms with Crippen molar-refractivity contribution < 1.29 is 26.3 Å². The molecule has 4 nitrogen and oxygen atoms in total. The normalized spacial score (nSPS) is 12.0. The molecule has 0 aliphatic rings. The van der Waals surface area contributed by atoms with Gasteiger partial charge in [0.05, 0.1) is 22.8 Å². The topological polar surface area (TPSA) is 55.4 Å². The molecule has 0 fully saturated rings. The van der Waals surface area contributed by atoms with Gasteiger partial charge in [-0.05, 0) is 30.7 Å². The number of nitrogens with one attached hydrogen (secondary N) is 1. The van der Waals surface area contributed by atoms with Gasteiger partial charge in [0.2, 0.25) is 0 Å². The molecule has 0 bridgehead atoms. The molecule has 2 aromatic carbocycles.